The molecule has 0 aromatic rings. The molecule has 1 aliphatic rings. The van der Waals surface area contributed by atoms with Crippen LogP contribution in [-0.4, -0.2) is 54.0 Å². The first kappa shape index (κ1) is 13.9. The Bertz CT molecular complexity index is 350. The zero-order chi connectivity index (χ0) is 12.7. The topological polar surface area (TPSA) is 95.8 Å². The first-order valence-corrected chi connectivity index (χ1v) is 5.92. The number of carbonyl (C=O) groups excluding carboxylic acids is 1. The maximum atomic E-state index is 11.0. The van der Waals surface area contributed by atoms with Gasteiger partial charge in [0, 0.05) is 11.8 Å². The molecule has 1 aliphatic heterocycles. The van der Waals surface area contributed by atoms with Crippen LogP contribution in [0.5, 0.6) is 0 Å². The summed E-state index contributed by atoms with van der Waals surface area (Å²) in [7, 11) is 0. The van der Waals surface area contributed by atoms with E-state index in [0.29, 0.717) is 24.8 Å². The number of carbonyl (C=O) groups is 1. The molecule has 0 radical (unpaired) electrons. The maximum absolute atomic E-state index is 11.0. The maximum Gasteiger partial charge on any atom is 0.267 e. The van der Waals surface area contributed by atoms with Gasteiger partial charge in [-0.3, -0.25) is 9.80 Å². The quantitative estimate of drug-likeness (QED) is 0.415. The molecule has 0 spiro atoms. The Morgan fingerprint density at radius 1 is 1.47 bits per heavy atom. The van der Waals surface area contributed by atoms with Gasteiger partial charge in [-0.25, -0.2) is 9.98 Å². The molecule has 17 heavy (non-hydrogen) atoms. The molecule has 0 aromatic heterocycles. The molecule has 1 amide bonds. The van der Waals surface area contributed by atoms with Crippen LogP contribution in [0.15, 0.2) is 20.3 Å². The third-order valence-corrected chi connectivity index (χ3v) is 2.21. The van der Waals surface area contributed by atoms with E-state index < -0.39 is 12.1 Å². The highest BCUT2D eigenvalue weighted by Crippen LogP contribution is 2.05. The molecular weight excluding hydrogens is 267 g/mol. The molecule has 0 saturated heterocycles. The minimum absolute atomic E-state index is 0.0745. The van der Waals surface area contributed by atoms with Gasteiger partial charge in [0.1, 0.15) is 6.34 Å². The Balaban J connectivity index is 2.59. The van der Waals surface area contributed by atoms with Gasteiger partial charge in [0.05, 0.1) is 13.1 Å². The van der Waals surface area contributed by atoms with Crippen molar-refractivity contribution in [2.75, 3.05) is 24.8 Å². The van der Waals surface area contributed by atoms with Crippen molar-refractivity contribution in [1.82, 2.24) is 5.01 Å². The highest BCUT2D eigenvalue weighted by atomic mass is 35.5. The molecule has 0 fully saturated rings. The molecule has 7 nitrogen and oxygen atoms in total. The van der Waals surface area contributed by atoms with E-state index in [1.165, 1.54) is 6.34 Å². The smallest absolute Gasteiger partial charge is 0.267 e. The fourth-order valence-corrected chi connectivity index (χ4v) is 1.48. The van der Waals surface area contributed by atoms with E-state index in [2.05, 4.69) is 20.3 Å². The van der Waals surface area contributed by atoms with Crippen LogP contribution in [0.25, 0.3) is 0 Å². The van der Waals surface area contributed by atoms with Crippen molar-refractivity contribution in [3.05, 3.63) is 0 Å². The molecule has 0 saturated carbocycles. The zero-order valence-electron chi connectivity index (χ0n) is 8.96. The third kappa shape index (κ3) is 4.27. The molecule has 1 atom stereocenters. The number of rotatable bonds is 7. The van der Waals surface area contributed by atoms with Gasteiger partial charge in [0.25, 0.3) is 5.91 Å². The number of amides is 1. The number of hydrogen-bond donors (Lipinski definition) is 1. The molecule has 1 rings (SSSR count). The lowest BCUT2D eigenvalue weighted by Crippen LogP contribution is -2.30. The highest BCUT2D eigenvalue weighted by molar-refractivity contribution is 6.42. The van der Waals surface area contributed by atoms with E-state index in [-0.39, 0.29) is 5.71 Å². The van der Waals surface area contributed by atoms with Crippen LogP contribution in [0, 0.1) is 0 Å². The molecule has 0 bridgehead atoms. The van der Waals surface area contributed by atoms with Gasteiger partial charge < -0.3 is 5.73 Å². The Labute approximate surface area is 108 Å². The second-order valence-corrected chi connectivity index (χ2v) is 3.81. The zero-order valence-corrected chi connectivity index (χ0v) is 10.5. The Kier molecular flexibility index (Phi) is 5.85. The Morgan fingerprint density at radius 2 is 2.12 bits per heavy atom. The molecule has 0 aromatic carbocycles. The minimum Gasteiger partial charge on any atom is -0.364 e. The number of hydrogen-bond acceptors (Lipinski definition) is 5. The van der Waals surface area contributed by atoms with Crippen LogP contribution in [0.4, 0.5) is 0 Å². The van der Waals surface area contributed by atoms with Crippen LogP contribution in [-0.2, 0) is 4.79 Å². The molecule has 0 aliphatic carbocycles. The van der Waals surface area contributed by atoms with Gasteiger partial charge in [-0.1, -0.05) is 5.22 Å². The Hall–Kier alpha value is -1.21. The predicted octanol–water partition coefficient (Wildman–Crippen LogP) is 0.427. The summed E-state index contributed by atoms with van der Waals surface area (Å²) in [6, 6.07) is 0. The second-order valence-electron chi connectivity index (χ2n) is 3.05. The summed E-state index contributed by atoms with van der Waals surface area (Å²) in [5.41, 5.74) is 5.18. The summed E-state index contributed by atoms with van der Waals surface area (Å²) in [5, 5.41) is 9.36. The number of primary amides is 1. The first-order chi connectivity index (χ1) is 8.19. The summed E-state index contributed by atoms with van der Waals surface area (Å²) in [4.78, 5) is 18.5. The largest absolute Gasteiger partial charge is 0.364 e. The van der Waals surface area contributed by atoms with Crippen molar-refractivity contribution < 1.29 is 4.79 Å². The standard InChI is InChI=1S/C8H12Cl2N6O/c9-1-3-16(4-2-10)15-14-8-6(7(11)17)12-5-13-8/h5,8H,1-4H2,(H2,11,17). The molecule has 2 N–H and O–H groups in total. The van der Waals surface area contributed by atoms with Crippen molar-refractivity contribution in [3.63, 3.8) is 0 Å². The van der Waals surface area contributed by atoms with Gasteiger partial charge in [-0.15, -0.1) is 28.3 Å². The monoisotopic (exact) mass is 278 g/mol. The van der Waals surface area contributed by atoms with Crippen LogP contribution < -0.4 is 5.73 Å². The van der Waals surface area contributed by atoms with Crippen molar-refractivity contribution in [3.8, 4) is 0 Å². The lowest BCUT2D eigenvalue weighted by molar-refractivity contribution is -0.112. The number of nitrogens with zero attached hydrogens (tertiary/aromatic N) is 5. The number of nitrogens with two attached hydrogens (primary N) is 1. The van der Waals surface area contributed by atoms with E-state index in [1.54, 1.807) is 5.01 Å². The average molecular weight is 279 g/mol. The van der Waals surface area contributed by atoms with E-state index in [1.807, 2.05) is 0 Å². The first-order valence-electron chi connectivity index (χ1n) is 4.85. The van der Waals surface area contributed by atoms with Crippen molar-refractivity contribution >= 4 is 41.2 Å². The van der Waals surface area contributed by atoms with E-state index in [4.69, 9.17) is 28.9 Å². The fraction of sp³-hybridized carbons (Fsp3) is 0.625. The number of aliphatic imine (C=N–C) groups is 2. The van der Waals surface area contributed by atoms with Gasteiger partial charge in [-0.05, 0) is 0 Å². The second kappa shape index (κ2) is 7.18. The van der Waals surface area contributed by atoms with Crippen LogP contribution in [0.2, 0.25) is 0 Å². The summed E-state index contributed by atoms with van der Waals surface area (Å²) in [6.45, 7) is 1.02. The van der Waals surface area contributed by atoms with Gasteiger partial charge >= 0.3 is 0 Å². The number of halogens is 2. The lowest BCUT2D eigenvalue weighted by atomic mass is 10.3. The number of alkyl halides is 2. The normalized spacial score (nSPS) is 18.7. The summed E-state index contributed by atoms with van der Waals surface area (Å²) < 4.78 is 0. The van der Waals surface area contributed by atoms with E-state index in [9.17, 15) is 4.79 Å². The van der Waals surface area contributed by atoms with Gasteiger partial charge in [0.15, 0.2) is 5.71 Å². The van der Waals surface area contributed by atoms with Gasteiger partial charge in [0.2, 0.25) is 6.17 Å². The van der Waals surface area contributed by atoms with Crippen LogP contribution >= 0.6 is 23.2 Å². The van der Waals surface area contributed by atoms with Crippen molar-refractivity contribution in [2.24, 2.45) is 26.1 Å². The SMILES string of the molecule is NC(=O)C1=NC=NC1N=NN(CCCl)CCCl. The van der Waals surface area contributed by atoms with Crippen molar-refractivity contribution in [1.29, 1.82) is 0 Å². The highest BCUT2D eigenvalue weighted by Gasteiger charge is 2.22. The Morgan fingerprint density at radius 3 is 2.65 bits per heavy atom. The molecular formula is C8H12Cl2N6O. The summed E-state index contributed by atoms with van der Waals surface area (Å²) in [5.74, 6) is 0.147. The van der Waals surface area contributed by atoms with E-state index in [0.717, 1.165) is 0 Å². The minimum atomic E-state index is -0.763. The average Bonchev–Trinajstić information content (AvgIpc) is 2.74. The summed E-state index contributed by atoms with van der Waals surface area (Å²) >= 11 is 11.2. The fourth-order valence-electron chi connectivity index (χ4n) is 1.09. The molecule has 1 unspecified atom stereocenters. The molecule has 94 valence electrons. The van der Waals surface area contributed by atoms with Crippen LogP contribution in [0.1, 0.15) is 0 Å². The van der Waals surface area contributed by atoms with Crippen LogP contribution in [0.3, 0.4) is 0 Å². The lowest BCUT2D eigenvalue weighted by Gasteiger charge is -2.14. The summed E-state index contributed by atoms with van der Waals surface area (Å²) in [6.07, 6.45) is 0.470. The molecule has 9 heteroatoms. The molecule has 1 heterocycles. The van der Waals surface area contributed by atoms with E-state index >= 15 is 0 Å². The third-order valence-electron chi connectivity index (χ3n) is 1.87. The predicted molar refractivity (Wildman–Crippen MR) is 66.8 cm³/mol. The van der Waals surface area contributed by atoms with Crippen molar-refractivity contribution in [2.45, 2.75) is 6.17 Å². The van der Waals surface area contributed by atoms with Gasteiger partial charge in [-0.2, -0.15) is 0 Å².